The van der Waals surface area contributed by atoms with Gasteiger partial charge in [-0.3, -0.25) is 9.69 Å². The molecule has 0 spiro atoms. The van der Waals surface area contributed by atoms with Crippen molar-refractivity contribution in [1.82, 2.24) is 14.7 Å². The highest BCUT2D eigenvalue weighted by atomic mass is 35.5. The van der Waals surface area contributed by atoms with E-state index < -0.39 is 15.9 Å². The Balaban J connectivity index is 1.54. The van der Waals surface area contributed by atoms with E-state index in [1.165, 1.54) is 16.7 Å². The monoisotopic (exact) mass is 515 g/mol. The number of halogens is 1. The van der Waals surface area contributed by atoms with E-state index in [0.717, 1.165) is 16.8 Å². The molecule has 1 unspecified atom stereocenters. The number of thioether (sulfide) groups is 1. The molecule has 0 bridgehead atoms. The molecule has 2 aliphatic rings. The van der Waals surface area contributed by atoms with E-state index in [2.05, 4.69) is 0 Å². The molecule has 33 heavy (non-hydrogen) atoms. The fraction of sp³-hybridized carbons (Fsp3) is 0.174. The maximum Gasteiger partial charge on any atom is 0.266 e. The highest BCUT2D eigenvalue weighted by Gasteiger charge is 2.42. The molecule has 0 radical (unpaired) electrons. The van der Waals surface area contributed by atoms with Crippen molar-refractivity contribution in [2.45, 2.75) is 12.5 Å². The number of para-hydroxylation sites is 1. The van der Waals surface area contributed by atoms with Crippen molar-refractivity contribution in [3.63, 3.8) is 0 Å². The first-order valence-corrected chi connectivity index (χ1v) is 13.6. The number of carbonyl (C=O) groups is 1. The average Bonchev–Trinajstić information content (AvgIpc) is 3.45. The molecule has 3 aromatic rings. The van der Waals surface area contributed by atoms with Crippen LogP contribution < -0.4 is 0 Å². The first-order valence-electron chi connectivity index (χ1n) is 10.2. The first-order chi connectivity index (χ1) is 15.8. The van der Waals surface area contributed by atoms with Gasteiger partial charge in [-0.25, -0.2) is 13.1 Å². The number of amides is 1. The van der Waals surface area contributed by atoms with Crippen LogP contribution in [-0.4, -0.2) is 50.9 Å². The van der Waals surface area contributed by atoms with Gasteiger partial charge in [0.05, 0.1) is 33.8 Å². The Morgan fingerprint density at radius 1 is 1.12 bits per heavy atom. The third-order valence-electron chi connectivity index (χ3n) is 5.56. The number of hydrogen-bond donors (Lipinski definition) is 0. The Bertz CT molecular complexity index is 1380. The van der Waals surface area contributed by atoms with Crippen LogP contribution in [0.2, 0.25) is 5.02 Å². The van der Waals surface area contributed by atoms with Crippen molar-refractivity contribution in [2.24, 2.45) is 0 Å². The lowest BCUT2D eigenvalue weighted by Crippen LogP contribution is -2.39. The highest BCUT2D eigenvalue weighted by molar-refractivity contribution is 8.26. The van der Waals surface area contributed by atoms with Crippen molar-refractivity contribution < 1.29 is 13.2 Å². The van der Waals surface area contributed by atoms with Crippen LogP contribution in [0.25, 0.3) is 23.0 Å². The SMILES string of the molecule is O=C1/C(=C/c2cn(-c3ccccc3)nc2-c2ccc(Cl)cc2)SC(=S)N1C1CCS(=O)(=O)C1. The number of sulfone groups is 1. The number of aromatic nitrogens is 2. The molecule has 2 aliphatic heterocycles. The van der Waals surface area contributed by atoms with Crippen molar-refractivity contribution in [3.05, 3.63) is 76.3 Å². The fourth-order valence-corrected chi connectivity index (χ4v) is 7.17. The van der Waals surface area contributed by atoms with Crippen LogP contribution in [0.4, 0.5) is 0 Å². The van der Waals surface area contributed by atoms with Crippen LogP contribution in [0.15, 0.2) is 65.7 Å². The van der Waals surface area contributed by atoms with Crippen molar-refractivity contribution in [2.75, 3.05) is 11.5 Å². The van der Waals surface area contributed by atoms with E-state index >= 15 is 0 Å². The minimum absolute atomic E-state index is 0.0469. The topological polar surface area (TPSA) is 72.3 Å². The van der Waals surface area contributed by atoms with Gasteiger partial charge in [0.25, 0.3) is 5.91 Å². The molecule has 5 rings (SSSR count). The summed E-state index contributed by atoms with van der Waals surface area (Å²) in [6, 6.07) is 16.6. The lowest BCUT2D eigenvalue weighted by molar-refractivity contribution is -0.123. The summed E-state index contributed by atoms with van der Waals surface area (Å²) >= 11 is 12.7. The van der Waals surface area contributed by atoms with Gasteiger partial charge in [-0.1, -0.05) is 65.9 Å². The average molecular weight is 516 g/mol. The Hall–Kier alpha value is -2.46. The second-order valence-electron chi connectivity index (χ2n) is 7.83. The summed E-state index contributed by atoms with van der Waals surface area (Å²) in [7, 11) is -3.14. The summed E-state index contributed by atoms with van der Waals surface area (Å²) in [5.74, 6) is -0.228. The smallest absolute Gasteiger partial charge is 0.266 e. The van der Waals surface area contributed by atoms with Crippen LogP contribution in [0, 0.1) is 0 Å². The van der Waals surface area contributed by atoms with Gasteiger partial charge < -0.3 is 0 Å². The molecule has 10 heteroatoms. The summed E-state index contributed by atoms with van der Waals surface area (Å²) < 4.78 is 26.0. The summed E-state index contributed by atoms with van der Waals surface area (Å²) in [4.78, 5) is 15.1. The third kappa shape index (κ3) is 4.50. The molecular weight excluding hydrogens is 498 g/mol. The van der Waals surface area contributed by atoms with Crippen molar-refractivity contribution in [1.29, 1.82) is 0 Å². The minimum Gasteiger partial charge on any atom is -0.289 e. The Kier molecular flexibility index (Phi) is 5.90. The largest absolute Gasteiger partial charge is 0.289 e. The molecule has 2 fully saturated rings. The zero-order valence-corrected chi connectivity index (χ0v) is 20.4. The summed E-state index contributed by atoms with van der Waals surface area (Å²) in [6.45, 7) is 0. The number of hydrogen-bond acceptors (Lipinski definition) is 6. The predicted molar refractivity (Wildman–Crippen MR) is 136 cm³/mol. The third-order valence-corrected chi connectivity index (χ3v) is 8.90. The van der Waals surface area contributed by atoms with Gasteiger partial charge in [-0.05, 0) is 36.8 Å². The number of rotatable bonds is 4. The summed E-state index contributed by atoms with van der Waals surface area (Å²) in [6.07, 6.45) is 4.05. The zero-order valence-electron chi connectivity index (χ0n) is 17.2. The molecule has 1 aromatic heterocycles. The molecular formula is C23H18ClN3O3S3. The van der Waals surface area contributed by atoms with E-state index in [9.17, 15) is 13.2 Å². The maximum atomic E-state index is 13.2. The van der Waals surface area contributed by atoms with Crippen molar-refractivity contribution >= 4 is 61.7 Å². The zero-order chi connectivity index (χ0) is 23.2. The highest BCUT2D eigenvalue weighted by Crippen LogP contribution is 2.37. The second kappa shape index (κ2) is 8.72. The second-order valence-corrected chi connectivity index (χ2v) is 12.2. The van der Waals surface area contributed by atoms with Crippen molar-refractivity contribution in [3.8, 4) is 16.9 Å². The van der Waals surface area contributed by atoms with Crippen LogP contribution >= 0.6 is 35.6 Å². The molecule has 6 nitrogen and oxygen atoms in total. The Labute approximate surface area is 206 Å². The predicted octanol–water partition coefficient (Wildman–Crippen LogP) is 4.58. The summed E-state index contributed by atoms with van der Waals surface area (Å²) in [5, 5.41) is 5.39. The van der Waals surface area contributed by atoms with Gasteiger partial charge in [-0.2, -0.15) is 5.10 Å². The lowest BCUT2D eigenvalue weighted by atomic mass is 10.1. The van der Waals surface area contributed by atoms with Gasteiger partial charge in [0, 0.05) is 22.3 Å². The van der Waals surface area contributed by atoms with E-state index in [4.69, 9.17) is 28.9 Å². The van der Waals surface area contributed by atoms with Gasteiger partial charge in [-0.15, -0.1) is 0 Å². The van der Waals surface area contributed by atoms with Crippen LogP contribution in [-0.2, 0) is 14.6 Å². The van der Waals surface area contributed by atoms with E-state index in [0.29, 0.717) is 26.4 Å². The quantitative estimate of drug-likeness (QED) is 0.374. The molecule has 168 valence electrons. The van der Waals surface area contributed by atoms with Crippen LogP contribution in [0.5, 0.6) is 0 Å². The number of benzene rings is 2. The van der Waals surface area contributed by atoms with E-state index in [1.807, 2.05) is 48.7 Å². The number of thiocarbonyl (C=S) groups is 1. The standard InChI is InChI=1S/C23H18ClN3O3S3/c24-17-8-6-15(7-9-17)21-16(13-26(25-21)18-4-2-1-3-5-18)12-20-22(28)27(23(31)32-20)19-10-11-33(29,30)14-19/h1-9,12-13,19H,10-11,14H2/b20-12-. The molecule has 1 atom stereocenters. The van der Waals surface area contributed by atoms with Crippen LogP contribution in [0.3, 0.4) is 0 Å². The van der Waals surface area contributed by atoms with E-state index in [-0.39, 0.29) is 17.4 Å². The normalized spacial score (nSPS) is 21.3. The molecule has 3 heterocycles. The molecule has 2 saturated heterocycles. The molecule has 2 aromatic carbocycles. The molecule has 0 N–H and O–H groups in total. The fourth-order valence-electron chi connectivity index (χ4n) is 3.95. The first kappa shape index (κ1) is 22.3. The minimum atomic E-state index is -3.14. The van der Waals surface area contributed by atoms with Gasteiger partial charge in [0.15, 0.2) is 9.84 Å². The summed E-state index contributed by atoms with van der Waals surface area (Å²) in [5.41, 5.74) is 3.19. The van der Waals surface area contributed by atoms with Gasteiger partial charge in [0.1, 0.15) is 4.32 Å². The molecule has 0 saturated carbocycles. The maximum absolute atomic E-state index is 13.2. The van der Waals surface area contributed by atoms with Crippen LogP contribution in [0.1, 0.15) is 12.0 Å². The Morgan fingerprint density at radius 3 is 2.52 bits per heavy atom. The molecule has 1 amide bonds. The van der Waals surface area contributed by atoms with Gasteiger partial charge >= 0.3 is 0 Å². The van der Waals surface area contributed by atoms with E-state index in [1.54, 1.807) is 22.9 Å². The van der Waals surface area contributed by atoms with Gasteiger partial charge in [0.2, 0.25) is 0 Å². The number of carbonyl (C=O) groups excluding carboxylic acids is 1. The lowest BCUT2D eigenvalue weighted by Gasteiger charge is -2.20. The molecule has 0 aliphatic carbocycles. The number of nitrogens with zero attached hydrogens (tertiary/aromatic N) is 3. The Morgan fingerprint density at radius 2 is 1.85 bits per heavy atom.